The molecule has 0 amide bonds. The Morgan fingerprint density at radius 3 is 1.65 bits per heavy atom. The third kappa shape index (κ3) is 4.70. The first-order valence-corrected chi connectivity index (χ1v) is 15.7. The highest BCUT2D eigenvalue weighted by atomic mass is 32.1. The first-order valence-electron chi connectivity index (χ1n) is 14.8. The summed E-state index contributed by atoms with van der Waals surface area (Å²) in [5.41, 5.74) is 11.3. The maximum Gasteiger partial charge on any atom is 0.124 e. The Kier molecular flexibility index (Phi) is 6.35. The number of fused-ring (bicyclic) bond motifs is 4. The zero-order valence-corrected chi connectivity index (χ0v) is 24.7. The van der Waals surface area contributed by atoms with Gasteiger partial charge in [0.2, 0.25) is 0 Å². The summed E-state index contributed by atoms with van der Waals surface area (Å²) in [5.74, 6) is 0. The molecule has 0 aliphatic heterocycles. The van der Waals surface area contributed by atoms with E-state index in [9.17, 15) is 0 Å². The molecule has 0 saturated heterocycles. The Morgan fingerprint density at radius 2 is 1.02 bits per heavy atom. The molecule has 0 bridgehead atoms. The van der Waals surface area contributed by atoms with Crippen molar-refractivity contribution in [1.29, 1.82) is 0 Å². The minimum atomic E-state index is 1.07. The second kappa shape index (κ2) is 10.7. The molecule has 8 rings (SSSR count). The highest BCUT2D eigenvalue weighted by molar-refractivity contribution is 7.26. The van der Waals surface area contributed by atoms with Gasteiger partial charge in [0.05, 0.1) is 0 Å². The lowest BCUT2D eigenvalue weighted by atomic mass is 9.95. The number of aromatic nitrogens is 1. The quantitative estimate of drug-likeness (QED) is 0.202. The van der Waals surface area contributed by atoms with E-state index in [0.717, 1.165) is 11.3 Å². The molecule has 0 unspecified atom stereocenters. The van der Waals surface area contributed by atoms with Gasteiger partial charge in [-0.1, -0.05) is 122 Å². The number of hydrogen-bond donors (Lipinski definition) is 0. The van der Waals surface area contributed by atoms with Crippen molar-refractivity contribution in [3.8, 4) is 44.5 Å². The smallest absolute Gasteiger partial charge is 0.124 e. The molecule has 204 valence electrons. The molecule has 0 spiro atoms. The van der Waals surface area contributed by atoms with Crippen LogP contribution in [0.2, 0.25) is 0 Å². The molecule has 1 nitrogen and oxygen atoms in total. The highest BCUT2D eigenvalue weighted by Gasteiger charge is 2.11. The van der Waals surface area contributed by atoms with E-state index >= 15 is 0 Å². The van der Waals surface area contributed by atoms with E-state index < -0.39 is 0 Å². The fraction of sp³-hybridized carbons (Fsp3) is 0.0488. The van der Waals surface area contributed by atoms with E-state index in [2.05, 4.69) is 145 Å². The maximum atomic E-state index is 4.60. The van der Waals surface area contributed by atoms with Crippen LogP contribution in [-0.4, -0.2) is 4.98 Å². The second-order valence-corrected chi connectivity index (χ2v) is 12.1. The van der Waals surface area contributed by atoms with E-state index in [1.807, 2.05) is 12.3 Å². The van der Waals surface area contributed by atoms with Crippen molar-refractivity contribution >= 4 is 42.4 Å². The molecule has 2 aromatic heterocycles. The summed E-state index contributed by atoms with van der Waals surface area (Å²) in [6.45, 7) is 2.19. The number of pyridine rings is 1. The summed E-state index contributed by atoms with van der Waals surface area (Å²) < 4.78 is 1.30. The predicted molar refractivity (Wildman–Crippen MR) is 186 cm³/mol. The predicted octanol–water partition coefficient (Wildman–Crippen LogP) is 11.8. The lowest BCUT2D eigenvalue weighted by molar-refractivity contribution is 1.14. The van der Waals surface area contributed by atoms with Crippen LogP contribution in [0, 0.1) is 0 Å². The molecule has 0 atom stereocenters. The van der Waals surface area contributed by atoms with Crippen LogP contribution in [0.25, 0.3) is 75.6 Å². The van der Waals surface area contributed by atoms with Crippen LogP contribution in [0.1, 0.15) is 12.5 Å². The van der Waals surface area contributed by atoms with Gasteiger partial charge in [-0.05, 0) is 91.5 Å². The minimum Gasteiger partial charge on any atom is -0.245 e. The summed E-state index contributed by atoms with van der Waals surface area (Å²) in [6.07, 6.45) is 2.94. The van der Waals surface area contributed by atoms with E-state index in [1.54, 1.807) is 11.3 Å². The third-order valence-corrected chi connectivity index (χ3v) is 9.72. The van der Waals surface area contributed by atoms with Gasteiger partial charge in [-0.3, -0.25) is 0 Å². The summed E-state index contributed by atoms with van der Waals surface area (Å²) >= 11 is 1.77. The fourth-order valence-electron chi connectivity index (χ4n) is 6.10. The molecule has 0 saturated carbocycles. The van der Waals surface area contributed by atoms with Gasteiger partial charge < -0.3 is 0 Å². The van der Waals surface area contributed by atoms with Crippen molar-refractivity contribution in [2.45, 2.75) is 13.3 Å². The van der Waals surface area contributed by atoms with Gasteiger partial charge in [-0.25, -0.2) is 4.98 Å². The number of thiophene rings is 1. The molecule has 43 heavy (non-hydrogen) atoms. The van der Waals surface area contributed by atoms with Crippen molar-refractivity contribution in [3.05, 3.63) is 151 Å². The molecule has 0 radical (unpaired) electrons. The van der Waals surface area contributed by atoms with Gasteiger partial charge in [0, 0.05) is 21.7 Å². The summed E-state index contributed by atoms with van der Waals surface area (Å²) in [4.78, 5) is 5.69. The molecule has 6 aromatic carbocycles. The molecule has 0 N–H and O–H groups in total. The standard InChI is InChI=1S/C41H29NS/c1-2-27-8-10-28(11-9-27)29-12-14-30(15-13-29)34-22-18-32-19-23-35(26-36(32)25-34)31-16-20-33(21-17-31)37-5-3-6-38-39-7-4-24-42-41(39)43-40(37)38/h3-26H,2H2,1H3. The van der Waals surface area contributed by atoms with Crippen LogP contribution in [-0.2, 0) is 6.42 Å². The Balaban J connectivity index is 1.09. The Morgan fingerprint density at radius 1 is 0.488 bits per heavy atom. The number of rotatable bonds is 5. The Bertz CT molecular complexity index is 2240. The lowest BCUT2D eigenvalue weighted by Gasteiger charge is -2.09. The lowest BCUT2D eigenvalue weighted by Crippen LogP contribution is -1.84. The number of hydrogen-bond acceptors (Lipinski definition) is 2. The van der Waals surface area contributed by atoms with E-state index in [4.69, 9.17) is 0 Å². The fourth-order valence-corrected chi connectivity index (χ4v) is 7.27. The minimum absolute atomic E-state index is 1.07. The Labute approximate surface area is 255 Å². The average Bonchev–Trinajstić information content (AvgIpc) is 3.47. The van der Waals surface area contributed by atoms with E-state index in [-0.39, 0.29) is 0 Å². The van der Waals surface area contributed by atoms with Crippen LogP contribution < -0.4 is 0 Å². The van der Waals surface area contributed by atoms with Gasteiger partial charge >= 0.3 is 0 Å². The summed E-state index contributed by atoms with van der Waals surface area (Å²) in [6, 6.07) is 51.1. The molecule has 2 heterocycles. The first kappa shape index (κ1) is 25.6. The van der Waals surface area contributed by atoms with Crippen molar-refractivity contribution < 1.29 is 0 Å². The first-order chi connectivity index (χ1) is 21.2. The zero-order chi connectivity index (χ0) is 28.8. The van der Waals surface area contributed by atoms with Crippen LogP contribution in [0.15, 0.2) is 146 Å². The van der Waals surface area contributed by atoms with Crippen LogP contribution in [0.3, 0.4) is 0 Å². The number of benzene rings is 6. The van der Waals surface area contributed by atoms with Gasteiger partial charge in [-0.2, -0.15) is 0 Å². The summed E-state index contributed by atoms with van der Waals surface area (Å²) in [7, 11) is 0. The molecule has 8 aromatic rings. The summed E-state index contributed by atoms with van der Waals surface area (Å²) in [5, 5.41) is 5.01. The zero-order valence-electron chi connectivity index (χ0n) is 23.9. The largest absolute Gasteiger partial charge is 0.245 e. The average molecular weight is 568 g/mol. The number of nitrogens with zero attached hydrogens (tertiary/aromatic N) is 1. The highest BCUT2D eigenvalue weighted by Crippen LogP contribution is 2.39. The van der Waals surface area contributed by atoms with Gasteiger partial charge in [0.15, 0.2) is 0 Å². The third-order valence-electron chi connectivity index (χ3n) is 8.56. The number of aryl methyl sites for hydroxylation is 1. The Hall–Kier alpha value is -5.05. The molecule has 0 aliphatic carbocycles. The molecule has 0 aliphatic rings. The topological polar surface area (TPSA) is 12.9 Å². The second-order valence-electron chi connectivity index (χ2n) is 11.1. The maximum absolute atomic E-state index is 4.60. The SMILES string of the molecule is CCc1ccc(-c2ccc(-c3ccc4ccc(-c5ccc(-c6cccc7c6sc6ncccc67)cc5)cc4c3)cc2)cc1. The van der Waals surface area contributed by atoms with E-state index in [0.29, 0.717) is 0 Å². The molecular formula is C41H29NS. The molecule has 0 fully saturated rings. The van der Waals surface area contributed by atoms with Crippen molar-refractivity contribution in [3.63, 3.8) is 0 Å². The monoisotopic (exact) mass is 567 g/mol. The van der Waals surface area contributed by atoms with Crippen LogP contribution in [0.5, 0.6) is 0 Å². The molecular weight excluding hydrogens is 539 g/mol. The van der Waals surface area contributed by atoms with E-state index in [1.165, 1.54) is 76.3 Å². The molecule has 2 heteroatoms. The van der Waals surface area contributed by atoms with Gasteiger partial charge in [0.25, 0.3) is 0 Å². The van der Waals surface area contributed by atoms with Crippen molar-refractivity contribution in [1.82, 2.24) is 4.98 Å². The van der Waals surface area contributed by atoms with Crippen molar-refractivity contribution in [2.75, 3.05) is 0 Å². The normalized spacial score (nSPS) is 11.5. The van der Waals surface area contributed by atoms with Crippen LogP contribution >= 0.6 is 11.3 Å². The van der Waals surface area contributed by atoms with Crippen LogP contribution in [0.4, 0.5) is 0 Å². The van der Waals surface area contributed by atoms with Gasteiger partial charge in [0.1, 0.15) is 4.83 Å². The van der Waals surface area contributed by atoms with Crippen molar-refractivity contribution in [2.24, 2.45) is 0 Å². The van der Waals surface area contributed by atoms with Gasteiger partial charge in [-0.15, -0.1) is 11.3 Å².